The Labute approximate surface area is 127 Å². The molecule has 1 aromatic heterocycles. The van der Waals surface area contributed by atoms with Gasteiger partial charge in [0.1, 0.15) is 5.75 Å². The molecule has 4 nitrogen and oxygen atoms in total. The van der Waals surface area contributed by atoms with Crippen LogP contribution in [0.2, 0.25) is 5.02 Å². The highest BCUT2D eigenvalue weighted by atomic mass is 35.5. The summed E-state index contributed by atoms with van der Waals surface area (Å²) in [7, 11) is 0. The van der Waals surface area contributed by atoms with Crippen LogP contribution in [0.3, 0.4) is 0 Å². The van der Waals surface area contributed by atoms with E-state index >= 15 is 0 Å². The van der Waals surface area contributed by atoms with Gasteiger partial charge in [-0.3, -0.25) is 0 Å². The van der Waals surface area contributed by atoms with E-state index in [0.717, 1.165) is 22.2 Å². The number of hydrogen-bond donors (Lipinski definition) is 1. The van der Waals surface area contributed by atoms with Crippen LogP contribution in [0.15, 0.2) is 42.5 Å². The van der Waals surface area contributed by atoms with Crippen LogP contribution in [-0.4, -0.2) is 9.97 Å². The van der Waals surface area contributed by atoms with Gasteiger partial charge >= 0.3 is 6.01 Å². The highest BCUT2D eigenvalue weighted by molar-refractivity contribution is 6.35. The quantitative estimate of drug-likeness (QED) is 0.798. The van der Waals surface area contributed by atoms with Gasteiger partial charge in [-0.1, -0.05) is 35.9 Å². The summed E-state index contributed by atoms with van der Waals surface area (Å²) in [6, 6.07) is 13.5. The maximum Gasteiger partial charge on any atom is 0.322 e. The number of hydrogen-bond acceptors (Lipinski definition) is 4. The lowest BCUT2D eigenvalue weighted by molar-refractivity contribution is 0.442. The van der Waals surface area contributed by atoms with Crippen molar-refractivity contribution in [3.63, 3.8) is 0 Å². The maximum atomic E-state index is 6.20. The van der Waals surface area contributed by atoms with Crippen LogP contribution in [-0.2, 0) is 6.54 Å². The molecule has 0 aliphatic carbocycles. The number of rotatable bonds is 3. The number of benzene rings is 2. The Kier molecular flexibility index (Phi) is 3.73. The average Bonchev–Trinajstić information content (AvgIpc) is 2.50. The van der Waals surface area contributed by atoms with Gasteiger partial charge < -0.3 is 10.5 Å². The van der Waals surface area contributed by atoms with Crippen LogP contribution in [0.5, 0.6) is 11.8 Å². The molecule has 0 aliphatic heterocycles. The molecule has 106 valence electrons. The summed E-state index contributed by atoms with van der Waals surface area (Å²) in [4.78, 5) is 8.57. The Hall–Kier alpha value is -2.17. The minimum absolute atomic E-state index is 0.294. The molecule has 3 rings (SSSR count). The number of aryl methyl sites for hydroxylation is 1. The fourth-order valence-electron chi connectivity index (χ4n) is 2.18. The van der Waals surface area contributed by atoms with Gasteiger partial charge in [-0.25, -0.2) is 4.98 Å². The molecule has 0 fully saturated rings. The molecule has 0 spiro atoms. The summed E-state index contributed by atoms with van der Waals surface area (Å²) in [5, 5.41) is 2.54. The van der Waals surface area contributed by atoms with Gasteiger partial charge in [0.25, 0.3) is 0 Å². The van der Waals surface area contributed by atoms with Crippen molar-refractivity contribution < 1.29 is 4.74 Å². The molecule has 5 heteroatoms. The lowest BCUT2D eigenvalue weighted by Gasteiger charge is -2.10. The van der Waals surface area contributed by atoms with Gasteiger partial charge in [-0.05, 0) is 25.1 Å². The van der Waals surface area contributed by atoms with Crippen LogP contribution in [0, 0.1) is 6.92 Å². The minimum Gasteiger partial charge on any atom is -0.424 e. The number of aromatic nitrogens is 2. The Bertz CT molecular complexity index is 805. The SMILES string of the molecule is Cc1cc(CN)nc(Oc2ccc(Cl)c3ccccc23)n1. The van der Waals surface area contributed by atoms with Crippen molar-refractivity contribution in [1.29, 1.82) is 0 Å². The topological polar surface area (TPSA) is 61.0 Å². The van der Waals surface area contributed by atoms with Crippen LogP contribution in [0.25, 0.3) is 10.8 Å². The molecule has 2 N–H and O–H groups in total. The molecule has 0 aliphatic rings. The molecule has 1 heterocycles. The summed E-state index contributed by atoms with van der Waals surface area (Å²) in [6.45, 7) is 2.23. The molecule has 2 aromatic carbocycles. The summed E-state index contributed by atoms with van der Waals surface area (Å²) < 4.78 is 5.83. The van der Waals surface area contributed by atoms with E-state index in [4.69, 9.17) is 22.1 Å². The van der Waals surface area contributed by atoms with Crippen molar-refractivity contribution >= 4 is 22.4 Å². The van der Waals surface area contributed by atoms with Crippen molar-refractivity contribution in [2.45, 2.75) is 13.5 Å². The lowest BCUT2D eigenvalue weighted by Crippen LogP contribution is -2.03. The molecule has 0 amide bonds. The van der Waals surface area contributed by atoms with E-state index in [0.29, 0.717) is 23.3 Å². The molecule has 0 atom stereocenters. The molecule has 0 unspecified atom stereocenters. The van der Waals surface area contributed by atoms with Crippen molar-refractivity contribution in [2.24, 2.45) is 5.73 Å². The maximum absolute atomic E-state index is 6.20. The number of nitrogens with two attached hydrogens (primary N) is 1. The molecule has 0 saturated carbocycles. The highest BCUT2D eigenvalue weighted by Gasteiger charge is 2.09. The number of ether oxygens (including phenoxy) is 1. The van der Waals surface area contributed by atoms with Gasteiger partial charge in [0.05, 0.1) is 5.69 Å². The summed E-state index contributed by atoms with van der Waals surface area (Å²) >= 11 is 6.20. The first-order valence-electron chi connectivity index (χ1n) is 6.57. The summed E-state index contributed by atoms with van der Waals surface area (Å²) in [5.41, 5.74) is 7.19. The molecular weight excluding hydrogens is 286 g/mol. The van der Waals surface area contributed by atoms with E-state index in [9.17, 15) is 0 Å². The highest BCUT2D eigenvalue weighted by Crippen LogP contribution is 2.33. The second kappa shape index (κ2) is 5.68. The number of halogens is 1. The first-order chi connectivity index (χ1) is 10.2. The Morgan fingerprint density at radius 2 is 1.86 bits per heavy atom. The number of fused-ring (bicyclic) bond motifs is 1. The van der Waals surface area contributed by atoms with Crippen molar-refractivity contribution in [2.75, 3.05) is 0 Å². The monoisotopic (exact) mass is 299 g/mol. The normalized spacial score (nSPS) is 10.8. The molecule has 0 saturated heterocycles. The zero-order valence-corrected chi connectivity index (χ0v) is 12.3. The molecular formula is C16H14ClN3O. The third-order valence-electron chi connectivity index (χ3n) is 3.13. The summed E-state index contributed by atoms with van der Waals surface area (Å²) in [5.74, 6) is 0.670. The standard InChI is InChI=1S/C16H14ClN3O/c1-10-8-11(9-18)20-16(19-10)21-15-7-6-14(17)12-4-2-3-5-13(12)15/h2-8H,9,18H2,1H3. The van der Waals surface area contributed by atoms with Crippen LogP contribution < -0.4 is 10.5 Å². The van der Waals surface area contributed by atoms with E-state index in [1.54, 1.807) is 6.07 Å². The van der Waals surface area contributed by atoms with E-state index in [1.807, 2.05) is 43.3 Å². The van der Waals surface area contributed by atoms with Crippen LogP contribution >= 0.6 is 11.6 Å². The molecule has 21 heavy (non-hydrogen) atoms. The van der Waals surface area contributed by atoms with Crippen molar-refractivity contribution in [3.05, 3.63) is 58.9 Å². The number of nitrogens with zero attached hydrogens (tertiary/aromatic N) is 2. The Morgan fingerprint density at radius 3 is 2.62 bits per heavy atom. The van der Waals surface area contributed by atoms with Crippen molar-refractivity contribution in [1.82, 2.24) is 9.97 Å². The fraction of sp³-hybridized carbons (Fsp3) is 0.125. The van der Waals surface area contributed by atoms with E-state index in [-0.39, 0.29) is 0 Å². The zero-order chi connectivity index (χ0) is 14.8. The largest absolute Gasteiger partial charge is 0.424 e. The minimum atomic E-state index is 0.294. The predicted molar refractivity (Wildman–Crippen MR) is 83.7 cm³/mol. The van der Waals surface area contributed by atoms with Gasteiger partial charge in [0, 0.05) is 28.0 Å². The molecule has 3 aromatic rings. The van der Waals surface area contributed by atoms with Gasteiger partial charge in [-0.2, -0.15) is 4.98 Å². The third kappa shape index (κ3) is 2.82. The van der Waals surface area contributed by atoms with E-state index in [1.165, 1.54) is 0 Å². The van der Waals surface area contributed by atoms with E-state index < -0.39 is 0 Å². The lowest BCUT2D eigenvalue weighted by atomic mass is 10.1. The Morgan fingerprint density at radius 1 is 1.10 bits per heavy atom. The van der Waals surface area contributed by atoms with Gasteiger partial charge in [0.2, 0.25) is 0 Å². The second-order valence-electron chi connectivity index (χ2n) is 4.68. The average molecular weight is 300 g/mol. The van der Waals surface area contributed by atoms with Gasteiger partial charge in [0.15, 0.2) is 0 Å². The van der Waals surface area contributed by atoms with E-state index in [2.05, 4.69) is 9.97 Å². The third-order valence-corrected chi connectivity index (χ3v) is 3.46. The van der Waals surface area contributed by atoms with Crippen molar-refractivity contribution in [3.8, 4) is 11.8 Å². The fourth-order valence-corrected chi connectivity index (χ4v) is 2.40. The van der Waals surface area contributed by atoms with Crippen LogP contribution in [0.4, 0.5) is 0 Å². The molecule has 0 bridgehead atoms. The first kappa shape index (κ1) is 13.8. The van der Waals surface area contributed by atoms with Crippen LogP contribution in [0.1, 0.15) is 11.4 Å². The zero-order valence-electron chi connectivity index (χ0n) is 11.5. The second-order valence-corrected chi connectivity index (χ2v) is 5.09. The van der Waals surface area contributed by atoms with Gasteiger partial charge in [-0.15, -0.1) is 0 Å². The predicted octanol–water partition coefficient (Wildman–Crippen LogP) is 3.84. The smallest absolute Gasteiger partial charge is 0.322 e. The Balaban J connectivity index is 2.06. The molecule has 0 radical (unpaired) electrons. The summed E-state index contributed by atoms with van der Waals surface area (Å²) in [6.07, 6.45) is 0. The first-order valence-corrected chi connectivity index (χ1v) is 6.95.